The molecule has 0 radical (unpaired) electrons. The van der Waals surface area contributed by atoms with E-state index >= 15 is 0 Å². The number of para-hydroxylation sites is 1. The van der Waals surface area contributed by atoms with Gasteiger partial charge in [0.2, 0.25) is 0 Å². The van der Waals surface area contributed by atoms with Crippen molar-refractivity contribution in [1.29, 1.82) is 0 Å². The zero-order chi connectivity index (χ0) is 16.9. The van der Waals surface area contributed by atoms with E-state index in [-0.39, 0.29) is 30.1 Å². The van der Waals surface area contributed by atoms with Gasteiger partial charge in [-0.3, -0.25) is 4.90 Å². The Balaban J connectivity index is 0.00000288. The van der Waals surface area contributed by atoms with Crippen LogP contribution in [-0.2, 0) is 0 Å². The van der Waals surface area contributed by atoms with E-state index in [0.717, 1.165) is 39.0 Å². The van der Waals surface area contributed by atoms with Crippen LogP contribution >= 0.6 is 12.4 Å². The van der Waals surface area contributed by atoms with Gasteiger partial charge in [0.15, 0.2) is 0 Å². The van der Waals surface area contributed by atoms with Crippen molar-refractivity contribution in [3.05, 3.63) is 29.8 Å². The predicted octanol–water partition coefficient (Wildman–Crippen LogP) is 4.39. The smallest absolute Gasteiger partial charge is 0.405 e. The highest BCUT2D eigenvalue weighted by Crippen LogP contribution is 2.38. The topological polar surface area (TPSA) is 24.5 Å². The molecular weight excluding hydrogens is 341 g/mol. The fourth-order valence-corrected chi connectivity index (χ4v) is 3.38. The Morgan fingerprint density at radius 1 is 1.21 bits per heavy atom. The molecule has 0 bridgehead atoms. The number of benzene rings is 1. The van der Waals surface area contributed by atoms with Crippen LogP contribution in [0.2, 0.25) is 0 Å². The number of hydrogen-bond acceptors (Lipinski definition) is 3. The van der Waals surface area contributed by atoms with Crippen molar-refractivity contribution >= 4 is 12.4 Å². The Bertz CT molecular complexity index is 493. The summed E-state index contributed by atoms with van der Waals surface area (Å²) < 4.78 is 42.5. The number of hydrogen-bond donors (Lipinski definition) is 1. The van der Waals surface area contributed by atoms with E-state index in [1.54, 1.807) is 18.2 Å². The van der Waals surface area contributed by atoms with Crippen molar-refractivity contribution < 1.29 is 17.9 Å². The Morgan fingerprint density at radius 2 is 1.83 bits per heavy atom. The van der Waals surface area contributed by atoms with E-state index in [2.05, 4.69) is 28.8 Å². The maximum absolute atomic E-state index is 12.7. The van der Waals surface area contributed by atoms with Crippen LogP contribution < -0.4 is 10.1 Å². The molecule has 1 saturated heterocycles. The Kier molecular flexibility index (Phi) is 8.33. The largest absolute Gasteiger partial charge is 0.573 e. The number of halogens is 4. The van der Waals surface area contributed by atoms with Gasteiger partial charge in [-0.2, -0.15) is 0 Å². The lowest BCUT2D eigenvalue weighted by Gasteiger charge is -2.39. The molecule has 2 rings (SSSR count). The maximum Gasteiger partial charge on any atom is 0.573 e. The van der Waals surface area contributed by atoms with Crippen LogP contribution in [0.25, 0.3) is 0 Å². The molecule has 1 aromatic carbocycles. The third-order valence-electron chi connectivity index (χ3n) is 4.29. The standard InChI is InChI=1S/C17H25F3N2O.ClH/c1-3-6-13(2)16(22-11-9-21-10-12-22)14-7-4-5-8-15(14)23-17(18,19)20;/h4-5,7-8,13,16,21H,3,6,9-12H2,1-2H3;1H/t13?,16-;/m1./s1. The predicted molar refractivity (Wildman–Crippen MR) is 91.6 cm³/mol. The van der Waals surface area contributed by atoms with Crippen molar-refractivity contribution in [3.8, 4) is 5.75 Å². The fraction of sp³-hybridized carbons (Fsp3) is 0.647. The molecule has 1 aliphatic heterocycles. The molecule has 0 amide bonds. The van der Waals surface area contributed by atoms with Crippen molar-refractivity contribution in [2.75, 3.05) is 26.2 Å². The Labute approximate surface area is 148 Å². The Morgan fingerprint density at radius 3 is 2.42 bits per heavy atom. The second kappa shape index (κ2) is 9.49. The Hall–Kier alpha value is -0.980. The summed E-state index contributed by atoms with van der Waals surface area (Å²) in [5.74, 6) is 0.183. The highest BCUT2D eigenvalue weighted by Gasteiger charge is 2.35. The van der Waals surface area contributed by atoms with Crippen molar-refractivity contribution in [3.63, 3.8) is 0 Å². The average Bonchev–Trinajstić information content (AvgIpc) is 2.49. The minimum atomic E-state index is -4.67. The first-order chi connectivity index (χ1) is 10.9. The molecule has 138 valence electrons. The van der Waals surface area contributed by atoms with Gasteiger partial charge in [0.1, 0.15) is 5.75 Å². The zero-order valence-electron chi connectivity index (χ0n) is 14.1. The van der Waals surface area contributed by atoms with Gasteiger partial charge in [-0.15, -0.1) is 25.6 Å². The van der Waals surface area contributed by atoms with E-state index in [9.17, 15) is 13.2 Å². The molecule has 1 heterocycles. The number of nitrogens with zero attached hydrogens (tertiary/aromatic N) is 1. The minimum absolute atomic E-state index is 0. The van der Waals surface area contributed by atoms with Gasteiger partial charge in [0.25, 0.3) is 0 Å². The molecule has 1 aliphatic rings. The molecule has 3 nitrogen and oxygen atoms in total. The minimum Gasteiger partial charge on any atom is -0.405 e. The lowest BCUT2D eigenvalue weighted by Crippen LogP contribution is -2.46. The van der Waals surface area contributed by atoms with E-state index in [4.69, 9.17) is 0 Å². The van der Waals surface area contributed by atoms with E-state index < -0.39 is 6.36 Å². The molecule has 0 saturated carbocycles. The summed E-state index contributed by atoms with van der Waals surface area (Å²) in [6.45, 7) is 7.59. The van der Waals surface area contributed by atoms with Crippen LogP contribution in [0.15, 0.2) is 24.3 Å². The van der Waals surface area contributed by atoms with Crippen LogP contribution in [-0.4, -0.2) is 37.4 Å². The summed E-state index contributed by atoms with van der Waals surface area (Å²) in [5.41, 5.74) is 0.632. The number of ether oxygens (including phenoxy) is 1. The zero-order valence-corrected chi connectivity index (χ0v) is 14.9. The first-order valence-electron chi connectivity index (χ1n) is 8.22. The second-order valence-electron chi connectivity index (χ2n) is 6.08. The van der Waals surface area contributed by atoms with Crippen LogP contribution in [0.5, 0.6) is 5.75 Å². The monoisotopic (exact) mass is 366 g/mol. The summed E-state index contributed by atoms with van der Waals surface area (Å²) in [5, 5.41) is 3.29. The normalized spacial score (nSPS) is 18.5. The summed E-state index contributed by atoms with van der Waals surface area (Å²) >= 11 is 0. The molecular formula is C17H26ClF3N2O. The van der Waals surface area contributed by atoms with Gasteiger partial charge in [-0.25, -0.2) is 0 Å². The molecule has 2 atom stereocenters. The fourth-order valence-electron chi connectivity index (χ4n) is 3.38. The SMILES string of the molecule is CCCC(C)[C@H](c1ccccc1OC(F)(F)F)N1CCNCC1.Cl. The molecule has 1 aromatic rings. The van der Waals surface area contributed by atoms with Crippen molar-refractivity contribution in [2.24, 2.45) is 5.92 Å². The molecule has 0 spiro atoms. The van der Waals surface area contributed by atoms with Gasteiger partial charge in [0, 0.05) is 37.8 Å². The molecule has 7 heteroatoms. The highest BCUT2D eigenvalue weighted by molar-refractivity contribution is 5.85. The summed E-state index contributed by atoms with van der Waals surface area (Å²) in [6, 6.07) is 6.49. The van der Waals surface area contributed by atoms with Crippen molar-refractivity contribution in [2.45, 2.75) is 39.1 Å². The van der Waals surface area contributed by atoms with Gasteiger partial charge in [-0.05, 0) is 18.4 Å². The first-order valence-corrected chi connectivity index (χ1v) is 8.22. The number of nitrogens with one attached hydrogen (secondary N) is 1. The second-order valence-corrected chi connectivity index (χ2v) is 6.08. The van der Waals surface area contributed by atoms with E-state index in [1.165, 1.54) is 6.07 Å². The third-order valence-corrected chi connectivity index (χ3v) is 4.29. The quantitative estimate of drug-likeness (QED) is 0.808. The lowest BCUT2D eigenvalue weighted by molar-refractivity contribution is -0.275. The van der Waals surface area contributed by atoms with E-state index in [0.29, 0.717) is 5.56 Å². The summed E-state index contributed by atoms with van der Waals surface area (Å²) in [6.07, 6.45) is -2.70. The van der Waals surface area contributed by atoms with Crippen LogP contribution in [0.1, 0.15) is 38.3 Å². The highest BCUT2D eigenvalue weighted by atomic mass is 35.5. The number of piperazine rings is 1. The molecule has 0 aromatic heterocycles. The molecule has 1 N–H and O–H groups in total. The molecule has 1 fully saturated rings. The van der Waals surface area contributed by atoms with Gasteiger partial charge in [0.05, 0.1) is 0 Å². The molecule has 1 unspecified atom stereocenters. The summed E-state index contributed by atoms with van der Waals surface area (Å²) in [7, 11) is 0. The van der Waals surface area contributed by atoms with Crippen LogP contribution in [0.3, 0.4) is 0 Å². The van der Waals surface area contributed by atoms with Gasteiger partial charge >= 0.3 is 6.36 Å². The molecule has 0 aliphatic carbocycles. The third kappa shape index (κ3) is 5.83. The van der Waals surface area contributed by atoms with Gasteiger partial charge in [-0.1, -0.05) is 38.5 Å². The summed E-state index contributed by atoms with van der Waals surface area (Å²) in [4.78, 5) is 2.27. The van der Waals surface area contributed by atoms with Crippen LogP contribution in [0.4, 0.5) is 13.2 Å². The lowest BCUT2D eigenvalue weighted by atomic mass is 9.88. The van der Waals surface area contributed by atoms with E-state index in [1.807, 2.05) is 0 Å². The van der Waals surface area contributed by atoms with Crippen LogP contribution in [0, 0.1) is 5.92 Å². The van der Waals surface area contributed by atoms with Gasteiger partial charge < -0.3 is 10.1 Å². The van der Waals surface area contributed by atoms with Crippen molar-refractivity contribution in [1.82, 2.24) is 10.2 Å². The number of rotatable bonds is 6. The molecule has 24 heavy (non-hydrogen) atoms. The maximum atomic E-state index is 12.7. The number of alkyl halides is 3. The average molecular weight is 367 g/mol. The first kappa shape index (κ1) is 21.1.